The molecule has 0 aromatic carbocycles. The predicted octanol–water partition coefficient (Wildman–Crippen LogP) is 1.34. The average molecular weight is 124 g/mol. The Morgan fingerprint density at radius 3 is 2.56 bits per heavy atom. The van der Waals surface area contributed by atoms with Gasteiger partial charge >= 0.3 is 0 Å². The molecule has 0 fully saturated rings. The summed E-state index contributed by atoms with van der Waals surface area (Å²) in [5.74, 6) is 0. The lowest BCUT2D eigenvalue weighted by Gasteiger charge is -2.01. The molecule has 50 valence electrons. The molecule has 9 heavy (non-hydrogen) atoms. The van der Waals surface area contributed by atoms with Crippen LogP contribution in [0.5, 0.6) is 0 Å². The Kier molecular flexibility index (Phi) is 1.58. The van der Waals surface area contributed by atoms with E-state index in [1.54, 1.807) is 0 Å². The fraction of sp³-hybridized carbons (Fsp3) is 0.429. The molecule has 1 heterocycles. The summed E-state index contributed by atoms with van der Waals surface area (Å²) in [6.45, 7) is 4.01. The highest BCUT2D eigenvalue weighted by Gasteiger charge is 2.01. The van der Waals surface area contributed by atoms with Gasteiger partial charge in [-0.2, -0.15) is 0 Å². The molecule has 0 saturated carbocycles. The number of H-pyrrole nitrogens is 1. The van der Waals surface area contributed by atoms with E-state index in [-0.39, 0.29) is 6.04 Å². The average Bonchev–Trinajstić information content (AvgIpc) is 2.13. The van der Waals surface area contributed by atoms with Gasteiger partial charge in [0.15, 0.2) is 0 Å². The molecule has 0 bridgehead atoms. The van der Waals surface area contributed by atoms with Crippen molar-refractivity contribution in [3.8, 4) is 0 Å². The molecule has 1 rings (SSSR count). The van der Waals surface area contributed by atoms with Gasteiger partial charge in [-0.1, -0.05) is 0 Å². The van der Waals surface area contributed by atoms with E-state index in [1.807, 2.05) is 26.1 Å². The third-order valence-electron chi connectivity index (χ3n) is 1.49. The van der Waals surface area contributed by atoms with E-state index in [2.05, 4.69) is 4.98 Å². The van der Waals surface area contributed by atoms with Crippen LogP contribution in [0.15, 0.2) is 12.3 Å². The summed E-state index contributed by atoms with van der Waals surface area (Å²) in [6.07, 6.45) is 1.91. The summed E-state index contributed by atoms with van der Waals surface area (Å²) in [4.78, 5) is 3.07. The summed E-state index contributed by atoms with van der Waals surface area (Å²) in [5.41, 5.74) is 8.01. The Balaban J connectivity index is 2.94. The SMILES string of the molecule is Cc1[nH]ccc1C(C)N. The highest BCUT2D eigenvalue weighted by atomic mass is 14.7. The highest BCUT2D eigenvalue weighted by Crippen LogP contribution is 2.11. The van der Waals surface area contributed by atoms with Gasteiger partial charge in [0.2, 0.25) is 0 Å². The van der Waals surface area contributed by atoms with E-state index in [0.29, 0.717) is 0 Å². The molecule has 2 nitrogen and oxygen atoms in total. The second kappa shape index (κ2) is 2.23. The van der Waals surface area contributed by atoms with Crippen LogP contribution in [0.4, 0.5) is 0 Å². The number of hydrogen-bond acceptors (Lipinski definition) is 1. The molecule has 0 aliphatic heterocycles. The van der Waals surface area contributed by atoms with Gasteiger partial charge in [0.1, 0.15) is 0 Å². The Morgan fingerprint density at radius 2 is 2.33 bits per heavy atom. The van der Waals surface area contributed by atoms with Crippen LogP contribution < -0.4 is 5.73 Å². The van der Waals surface area contributed by atoms with E-state index in [4.69, 9.17) is 5.73 Å². The lowest BCUT2D eigenvalue weighted by molar-refractivity contribution is 0.810. The van der Waals surface area contributed by atoms with Crippen molar-refractivity contribution in [1.29, 1.82) is 0 Å². The fourth-order valence-electron chi connectivity index (χ4n) is 0.958. The van der Waals surface area contributed by atoms with Gasteiger partial charge in [-0.15, -0.1) is 0 Å². The molecule has 0 amide bonds. The van der Waals surface area contributed by atoms with Crippen molar-refractivity contribution in [1.82, 2.24) is 4.98 Å². The van der Waals surface area contributed by atoms with Crippen LogP contribution in [0.2, 0.25) is 0 Å². The molecule has 1 atom stereocenters. The molecule has 0 saturated heterocycles. The number of aromatic nitrogens is 1. The van der Waals surface area contributed by atoms with Gasteiger partial charge in [0.05, 0.1) is 0 Å². The number of hydrogen-bond donors (Lipinski definition) is 2. The first-order valence-corrected chi connectivity index (χ1v) is 3.11. The maximum Gasteiger partial charge on any atom is 0.0283 e. The molecule has 1 aromatic rings. The third kappa shape index (κ3) is 1.13. The molecule has 3 N–H and O–H groups in total. The van der Waals surface area contributed by atoms with Crippen molar-refractivity contribution in [3.63, 3.8) is 0 Å². The predicted molar refractivity (Wildman–Crippen MR) is 38.1 cm³/mol. The standard InChI is InChI=1S/C7H12N2/c1-5(8)7-3-4-9-6(7)2/h3-5,9H,8H2,1-2H3. The quantitative estimate of drug-likeness (QED) is 0.583. The number of nitrogens with two attached hydrogens (primary N) is 1. The van der Waals surface area contributed by atoms with Crippen LogP contribution in [-0.2, 0) is 0 Å². The Hall–Kier alpha value is -0.760. The topological polar surface area (TPSA) is 41.8 Å². The van der Waals surface area contributed by atoms with E-state index in [9.17, 15) is 0 Å². The van der Waals surface area contributed by atoms with Gasteiger partial charge in [-0.3, -0.25) is 0 Å². The minimum atomic E-state index is 0.149. The molecular weight excluding hydrogens is 112 g/mol. The minimum absolute atomic E-state index is 0.149. The first-order chi connectivity index (χ1) is 4.22. The largest absolute Gasteiger partial charge is 0.365 e. The smallest absolute Gasteiger partial charge is 0.0283 e. The van der Waals surface area contributed by atoms with Crippen molar-refractivity contribution in [2.75, 3.05) is 0 Å². The zero-order chi connectivity index (χ0) is 6.85. The summed E-state index contributed by atoms with van der Waals surface area (Å²) in [7, 11) is 0. The maximum absolute atomic E-state index is 5.64. The first kappa shape index (κ1) is 6.36. The van der Waals surface area contributed by atoms with Gasteiger partial charge in [-0.25, -0.2) is 0 Å². The second-order valence-corrected chi connectivity index (χ2v) is 2.35. The third-order valence-corrected chi connectivity index (χ3v) is 1.49. The second-order valence-electron chi connectivity index (χ2n) is 2.35. The molecule has 1 aromatic heterocycles. The molecule has 0 aliphatic rings. The fourth-order valence-corrected chi connectivity index (χ4v) is 0.958. The molecule has 0 aliphatic carbocycles. The zero-order valence-electron chi connectivity index (χ0n) is 5.81. The van der Waals surface area contributed by atoms with Crippen LogP contribution >= 0.6 is 0 Å². The van der Waals surface area contributed by atoms with Crippen LogP contribution in [0, 0.1) is 6.92 Å². The lowest BCUT2D eigenvalue weighted by atomic mass is 10.1. The van der Waals surface area contributed by atoms with E-state index in [1.165, 1.54) is 11.3 Å². The number of aromatic amines is 1. The van der Waals surface area contributed by atoms with Crippen molar-refractivity contribution < 1.29 is 0 Å². The lowest BCUT2D eigenvalue weighted by Crippen LogP contribution is -2.04. The number of rotatable bonds is 1. The number of aryl methyl sites for hydroxylation is 1. The van der Waals surface area contributed by atoms with Crippen LogP contribution in [0.25, 0.3) is 0 Å². The van der Waals surface area contributed by atoms with Crippen molar-refractivity contribution in [2.45, 2.75) is 19.9 Å². The molecule has 0 radical (unpaired) electrons. The summed E-state index contributed by atoms with van der Waals surface area (Å²) in [5, 5.41) is 0. The van der Waals surface area contributed by atoms with Crippen LogP contribution in [0.3, 0.4) is 0 Å². The maximum atomic E-state index is 5.64. The van der Waals surface area contributed by atoms with E-state index < -0.39 is 0 Å². The summed E-state index contributed by atoms with van der Waals surface area (Å²) in [6, 6.07) is 2.16. The molecule has 2 heteroatoms. The van der Waals surface area contributed by atoms with Crippen LogP contribution in [-0.4, -0.2) is 4.98 Å². The zero-order valence-corrected chi connectivity index (χ0v) is 5.81. The summed E-state index contributed by atoms with van der Waals surface area (Å²) < 4.78 is 0. The molecule has 0 spiro atoms. The van der Waals surface area contributed by atoms with Crippen LogP contribution in [0.1, 0.15) is 24.2 Å². The van der Waals surface area contributed by atoms with E-state index in [0.717, 1.165) is 0 Å². The van der Waals surface area contributed by atoms with E-state index >= 15 is 0 Å². The van der Waals surface area contributed by atoms with Gasteiger partial charge in [-0.05, 0) is 25.5 Å². The van der Waals surface area contributed by atoms with Gasteiger partial charge < -0.3 is 10.7 Å². The molecular formula is C7H12N2. The van der Waals surface area contributed by atoms with Gasteiger partial charge in [0.25, 0.3) is 0 Å². The van der Waals surface area contributed by atoms with Gasteiger partial charge in [0, 0.05) is 17.9 Å². The Morgan fingerprint density at radius 1 is 1.67 bits per heavy atom. The minimum Gasteiger partial charge on any atom is -0.365 e. The Bertz CT molecular complexity index is 189. The first-order valence-electron chi connectivity index (χ1n) is 3.11. The van der Waals surface area contributed by atoms with Crippen molar-refractivity contribution in [3.05, 3.63) is 23.5 Å². The van der Waals surface area contributed by atoms with Crippen molar-refractivity contribution >= 4 is 0 Å². The Labute approximate surface area is 55.1 Å². The highest BCUT2D eigenvalue weighted by molar-refractivity contribution is 5.21. The number of nitrogens with one attached hydrogen (secondary N) is 1. The monoisotopic (exact) mass is 124 g/mol. The normalized spacial score (nSPS) is 13.7. The van der Waals surface area contributed by atoms with Crippen molar-refractivity contribution in [2.24, 2.45) is 5.73 Å². The molecule has 1 unspecified atom stereocenters. The summed E-state index contributed by atoms with van der Waals surface area (Å²) >= 11 is 0.